The number of carbonyl (C=O) groups is 1. The van der Waals surface area contributed by atoms with Crippen molar-refractivity contribution in [3.8, 4) is 28.4 Å². The first-order valence-corrected chi connectivity index (χ1v) is 11.5. The van der Waals surface area contributed by atoms with Gasteiger partial charge in [0.2, 0.25) is 0 Å². The summed E-state index contributed by atoms with van der Waals surface area (Å²) < 4.78 is 6.38. The number of aromatic hydroxyl groups is 1. The molecule has 2 aromatic heterocycles. The topological polar surface area (TPSA) is 114 Å². The Morgan fingerprint density at radius 2 is 1.64 bits per heavy atom. The van der Waals surface area contributed by atoms with Gasteiger partial charge in [0.1, 0.15) is 11.4 Å². The first-order chi connectivity index (χ1) is 17.5. The molecule has 5 rings (SSSR count). The van der Waals surface area contributed by atoms with E-state index >= 15 is 0 Å². The third-order valence-corrected chi connectivity index (χ3v) is 6.04. The molecule has 10 nitrogen and oxygen atoms in total. The average Bonchev–Trinajstić information content (AvgIpc) is 2.93. The Morgan fingerprint density at radius 1 is 0.917 bits per heavy atom. The number of amides is 1. The fraction of sp³-hybridized carbons (Fsp3) is 0.192. The highest BCUT2D eigenvalue weighted by Gasteiger charge is 2.27. The van der Waals surface area contributed by atoms with Crippen LogP contribution in [0.1, 0.15) is 10.5 Å². The smallest absolute Gasteiger partial charge is 0.278 e. The molecule has 1 saturated heterocycles. The second-order valence-electron chi connectivity index (χ2n) is 8.22. The minimum absolute atomic E-state index is 0.194. The molecule has 182 valence electrons. The highest BCUT2D eigenvalue weighted by atomic mass is 16.5. The summed E-state index contributed by atoms with van der Waals surface area (Å²) in [5, 5.41) is 23.2. The molecule has 0 atom stereocenters. The maximum absolute atomic E-state index is 13.2. The number of hydrogen-bond acceptors (Lipinski definition) is 8. The third-order valence-electron chi connectivity index (χ3n) is 6.04. The van der Waals surface area contributed by atoms with Gasteiger partial charge in [-0.25, -0.2) is 0 Å². The van der Waals surface area contributed by atoms with Crippen LogP contribution in [-0.2, 0) is 0 Å². The number of aromatic nitrogens is 4. The van der Waals surface area contributed by atoms with Crippen molar-refractivity contribution < 1.29 is 14.6 Å². The van der Waals surface area contributed by atoms with Gasteiger partial charge in [-0.1, -0.05) is 42.5 Å². The lowest BCUT2D eigenvalue weighted by molar-refractivity contribution is 0.0735. The van der Waals surface area contributed by atoms with Crippen molar-refractivity contribution >= 4 is 11.7 Å². The minimum Gasteiger partial charge on any atom is -0.505 e. The van der Waals surface area contributed by atoms with Gasteiger partial charge in [0.15, 0.2) is 17.3 Å². The molecule has 3 heterocycles. The Balaban J connectivity index is 1.31. The van der Waals surface area contributed by atoms with Gasteiger partial charge >= 0.3 is 0 Å². The molecule has 1 aliphatic heterocycles. The summed E-state index contributed by atoms with van der Waals surface area (Å²) in [6.45, 7) is 1.88. The van der Waals surface area contributed by atoms with Gasteiger partial charge in [0.25, 0.3) is 11.5 Å². The highest BCUT2D eigenvalue weighted by Crippen LogP contribution is 2.23. The van der Waals surface area contributed by atoms with Gasteiger partial charge in [-0.2, -0.15) is 9.78 Å². The van der Waals surface area contributed by atoms with Crippen LogP contribution in [0.3, 0.4) is 0 Å². The summed E-state index contributed by atoms with van der Waals surface area (Å²) in [5.74, 6) is 0.235. The summed E-state index contributed by atoms with van der Waals surface area (Å²) >= 11 is 0. The first kappa shape index (κ1) is 23.0. The van der Waals surface area contributed by atoms with Crippen LogP contribution in [0.5, 0.6) is 11.5 Å². The number of ether oxygens (including phenoxy) is 1. The maximum Gasteiger partial charge on any atom is 0.278 e. The molecule has 0 spiro atoms. The van der Waals surface area contributed by atoms with Crippen LogP contribution in [0.15, 0.2) is 77.6 Å². The maximum atomic E-state index is 13.2. The van der Waals surface area contributed by atoms with Gasteiger partial charge in [-0.3, -0.25) is 9.59 Å². The summed E-state index contributed by atoms with van der Waals surface area (Å²) in [6.07, 6.45) is 0. The van der Waals surface area contributed by atoms with Crippen LogP contribution in [0.4, 0.5) is 5.82 Å². The summed E-state index contributed by atoms with van der Waals surface area (Å²) in [6, 6.07) is 21.5. The van der Waals surface area contributed by atoms with Crippen molar-refractivity contribution in [3.05, 3.63) is 88.8 Å². The molecule has 1 fully saturated rings. The predicted octanol–water partition coefficient (Wildman–Crippen LogP) is 2.37. The van der Waals surface area contributed by atoms with Crippen molar-refractivity contribution in [2.24, 2.45) is 0 Å². The number of carbonyl (C=O) groups excluding carboxylic acids is 1. The fourth-order valence-electron chi connectivity index (χ4n) is 4.12. The van der Waals surface area contributed by atoms with Gasteiger partial charge in [0, 0.05) is 37.8 Å². The number of anilines is 1. The molecule has 4 aromatic rings. The van der Waals surface area contributed by atoms with Crippen LogP contribution >= 0.6 is 0 Å². The zero-order chi connectivity index (χ0) is 25.1. The van der Waals surface area contributed by atoms with Crippen LogP contribution in [0, 0.1) is 0 Å². The number of piperazine rings is 1. The van der Waals surface area contributed by atoms with E-state index in [1.807, 2.05) is 42.5 Å². The molecule has 36 heavy (non-hydrogen) atoms. The quantitative estimate of drug-likeness (QED) is 0.459. The Bertz CT molecular complexity index is 1430. The molecule has 0 saturated carbocycles. The Labute approximate surface area is 207 Å². The molecule has 0 unspecified atom stereocenters. The van der Waals surface area contributed by atoms with Crippen molar-refractivity contribution in [2.45, 2.75) is 0 Å². The zero-order valence-electron chi connectivity index (χ0n) is 19.6. The number of nitrogens with zero attached hydrogens (tertiary/aromatic N) is 6. The molecule has 10 heteroatoms. The molecule has 1 aliphatic rings. The summed E-state index contributed by atoms with van der Waals surface area (Å²) in [5.41, 5.74) is 1.40. The molecular formula is C26H24N6O4. The lowest BCUT2D eigenvalue weighted by Crippen LogP contribution is -2.49. The van der Waals surface area contributed by atoms with E-state index in [2.05, 4.69) is 20.2 Å². The monoisotopic (exact) mass is 484 g/mol. The molecular weight excluding hydrogens is 460 g/mol. The largest absolute Gasteiger partial charge is 0.505 e. The zero-order valence-corrected chi connectivity index (χ0v) is 19.6. The van der Waals surface area contributed by atoms with Gasteiger partial charge in [-0.05, 0) is 24.3 Å². The van der Waals surface area contributed by atoms with Crippen molar-refractivity contribution in [2.75, 3.05) is 38.2 Å². The van der Waals surface area contributed by atoms with E-state index in [1.54, 1.807) is 29.2 Å². The second-order valence-corrected chi connectivity index (χ2v) is 8.22. The van der Waals surface area contributed by atoms with Gasteiger partial charge in [-0.15, -0.1) is 10.2 Å². The van der Waals surface area contributed by atoms with Crippen LogP contribution in [0.2, 0.25) is 0 Å². The average molecular weight is 485 g/mol. The van der Waals surface area contributed by atoms with E-state index in [0.717, 1.165) is 27.8 Å². The van der Waals surface area contributed by atoms with E-state index in [9.17, 15) is 14.7 Å². The predicted molar refractivity (Wildman–Crippen MR) is 134 cm³/mol. The minimum atomic E-state index is -0.573. The molecule has 0 aliphatic carbocycles. The van der Waals surface area contributed by atoms with E-state index in [-0.39, 0.29) is 5.69 Å². The second kappa shape index (κ2) is 9.87. The Hall–Kier alpha value is -4.73. The van der Waals surface area contributed by atoms with E-state index in [4.69, 9.17) is 4.74 Å². The molecule has 1 amide bonds. The fourth-order valence-corrected chi connectivity index (χ4v) is 4.12. The lowest BCUT2D eigenvalue weighted by atomic mass is 10.1. The van der Waals surface area contributed by atoms with Gasteiger partial charge < -0.3 is 19.6 Å². The number of benzene rings is 2. The van der Waals surface area contributed by atoms with Crippen molar-refractivity contribution in [1.29, 1.82) is 0 Å². The molecule has 0 bridgehead atoms. The van der Waals surface area contributed by atoms with E-state index in [0.29, 0.717) is 37.6 Å². The first-order valence-electron chi connectivity index (χ1n) is 11.5. The molecule has 2 aromatic carbocycles. The van der Waals surface area contributed by atoms with E-state index in [1.165, 1.54) is 7.11 Å². The standard InChI is InChI=1S/C26H24N6O4/c1-36-22-10-6-5-9-20(22)32-24(34)17-21(33)25(29-32)26(35)31-15-13-30(14-16-31)23-12-11-19(27-28-23)18-7-3-2-4-8-18/h2-12,17,33H,13-16H2,1H3. The van der Waals surface area contributed by atoms with Crippen molar-refractivity contribution in [1.82, 2.24) is 24.9 Å². The van der Waals surface area contributed by atoms with Crippen molar-refractivity contribution in [3.63, 3.8) is 0 Å². The Kier molecular flexibility index (Phi) is 6.31. The normalized spacial score (nSPS) is 13.5. The third kappa shape index (κ3) is 4.48. The SMILES string of the molecule is COc1ccccc1-n1nc(C(=O)N2CCN(c3ccc(-c4ccccc4)nn3)CC2)c(O)cc1=O. The molecule has 1 N–H and O–H groups in total. The Morgan fingerprint density at radius 3 is 2.33 bits per heavy atom. The van der Waals surface area contributed by atoms with Crippen LogP contribution in [-0.4, -0.2) is 69.2 Å². The summed E-state index contributed by atoms with van der Waals surface area (Å²) in [4.78, 5) is 29.4. The lowest BCUT2D eigenvalue weighted by Gasteiger charge is -2.35. The van der Waals surface area contributed by atoms with Gasteiger partial charge in [0.05, 0.1) is 12.8 Å². The number of para-hydroxylation sites is 2. The summed E-state index contributed by atoms with van der Waals surface area (Å²) in [7, 11) is 1.48. The molecule has 0 radical (unpaired) electrons. The number of hydrogen-bond donors (Lipinski definition) is 1. The van der Waals surface area contributed by atoms with Crippen LogP contribution in [0.25, 0.3) is 16.9 Å². The number of methoxy groups -OCH3 is 1. The highest BCUT2D eigenvalue weighted by molar-refractivity contribution is 5.94. The number of rotatable bonds is 5. The van der Waals surface area contributed by atoms with Crippen LogP contribution < -0.4 is 15.2 Å². The van der Waals surface area contributed by atoms with E-state index < -0.39 is 17.2 Å².